The molecule has 0 amide bonds. The van der Waals surface area contributed by atoms with Crippen LogP contribution < -0.4 is 0 Å². The molecule has 3 aliphatic rings. The molecule has 6 heteroatoms. The Bertz CT molecular complexity index is 815. The van der Waals surface area contributed by atoms with E-state index in [1.807, 2.05) is 25.5 Å². The molecule has 0 aromatic carbocycles. The third kappa shape index (κ3) is 3.46. The summed E-state index contributed by atoms with van der Waals surface area (Å²) < 4.78 is 7.18. The van der Waals surface area contributed by atoms with E-state index < -0.39 is 11.5 Å². The van der Waals surface area contributed by atoms with Crippen LogP contribution in [0.3, 0.4) is 0 Å². The zero-order valence-corrected chi connectivity index (χ0v) is 17.4. The summed E-state index contributed by atoms with van der Waals surface area (Å²) in [5, 5.41) is 20.9. The van der Waals surface area contributed by atoms with Gasteiger partial charge in [-0.25, -0.2) is 9.78 Å². The van der Waals surface area contributed by atoms with Crippen LogP contribution in [0, 0.1) is 22.7 Å². The van der Waals surface area contributed by atoms with Gasteiger partial charge in [-0.05, 0) is 55.4 Å². The minimum atomic E-state index is -0.506. The molecule has 1 aromatic rings. The van der Waals surface area contributed by atoms with Gasteiger partial charge in [0, 0.05) is 29.9 Å². The van der Waals surface area contributed by atoms with Gasteiger partial charge >= 0.3 is 5.97 Å². The van der Waals surface area contributed by atoms with Gasteiger partial charge in [-0.2, -0.15) is 0 Å². The highest BCUT2D eigenvalue weighted by Gasteiger charge is 2.57. The molecule has 158 valence electrons. The Hall–Kier alpha value is -1.92. The number of rotatable bonds is 6. The van der Waals surface area contributed by atoms with Crippen LogP contribution in [0.25, 0.3) is 0 Å². The van der Waals surface area contributed by atoms with Crippen molar-refractivity contribution in [2.75, 3.05) is 13.2 Å². The van der Waals surface area contributed by atoms with Crippen molar-refractivity contribution < 1.29 is 19.7 Å². The molecule has 0 radical (unpaired) electrons. The number of hydrogen-bond donors (Lipinski definition) is 2. The van der Waals surface area contributed by atoms with E-state index in [1.165, 1.54) is 5.57 Å². The van der Waals surface area contributed by atoms with E-state index in [0.29, 0.717) is 19.4 Å². The Balaban J connectivity index is 1.65. The minimum absolute atomic E-state index is 0.0106. The molecule has 1 fully saturated rings. The van der Waals surface area contributed by atoms with Crippen molar-refractivity contribution in [1.29, 1.82) is 0 Å². The summed E-state index contributed by atoms with van der Waals surface area (Å²) in [4.78, 5) is 16.1. The first-order valence-corrected chi connectivity index (χ1v) is 10.7. The molecule has 6 nitrogen and oxygen atoms in total. The predicted molar refractivity (Wildman–Crippen MR) is 109 cm³/mol. The average Bonchev–Trinajstić information content (AvgIpc) is 3.36. The molecule has 29 heavy (non-hydrogen) atoms. The standard InChI is InChI=1S/C23H32N2O4/c1-22-9-7-20(27)23(2,14-26)19(22)6-4-17(13-25-11-10-24-15-25)18(22)5-3-16-8-12-29-21(16)28/h4,8,10-11,15,18-20,26-27H,3,5-7,9,12-14H2,1-2H3/t18-,19+,20-,22+,23+/m1/s1. The maximum atomic E-state index is 12.0. The van der Waals surface area contributed by atoms with Crippen molar-refractivity contribution in [3.63, 3.8) is 0 Å². The van der Waals surface area contributed by atoms with Gasteiger partial charge < -0.3 is 19.5 Å². The van der Waals surface area contributed by atoms with Gasteiger partial charge in [0.25, 0.3) is 0 Å². The third-order valence-corrected chi connectivity index (χ3v) is 7.94. The summed E-state index contributed by atoms with van der Waals surface area (Å²) in [5.41, 5.74) is 1.60. The summed E-state index contributed by atoms with van der Waals surface area (Å²) in [6.45, 7) is 5.51. The molecule has 1 aromatic heterocycles. The number of imidazole rings is 1. The van der Waals surface area contributed by atoms with Crippen molar-refractivity contribution in [3.05, 3.63) is 42.0 Å². The molecule has 0 spiro atoms. The molecule has 2 N–H and O–H groups in total. The van der Waals surface area contributed by atoms with Crippen molar-refractivity contribution in [2.24, 2.45) is 22.7 Å². The number of carbonyl (C=O) groups excluding carboxylic acids is 1. The van der Waals surface area contributed by atoms with Crippen molar-refractivity contribution >= 4 is 5.97 Å². The lowest BCUT2D eigenvalue weighted by Gasteiger charge is -2.59. The molecule has 5 atom stereocenters. The van der Waals surface area contributed by atoms with Crippen molar-refractivity contribution in [1.82, 2.24) is 9.55 Å². The summed E-state index contributed by atoms with van der Waals surface area (Å²) in [7, 11) is 0. The molecule has 0 bridgehead atoms. The smallest absolute Gasteiger partial charge is 0.334 e. The zero-order chi connectivity index (χ0) is 20.6. The number of ether oxygens (including phenoxy) is 1. The molecule has 2 aliphatic carbocycles. The lowest BCUT2D eigenvalue weighted by Crippen LogP contribution is -2.57. The second-order valence-electron chi connectivity index (χ2n) is 9.45. The van der Waals surface area contributed by atoms with E-state index in [2.05, 4.69) is 22.6 Å². The molecule has 0 saturated heterocycles. The van der Waals surface area contributed by atoms with Crippen LogP contribution in [-0.4, -0.2) is 45.1 Å². The normalized spacial score (nSPS) is 37.0. The fraction of sp³-hybridized carbons (Fsp3) is 0.652. The fourth-order valence-electron chi connectivity index (χ4n) is 6.12. The minimum Gasteiger partial charge on any atom is -0.458 e. The number of nitrogens with zero attached hydrogens (tertiary/aromatic N) is 2. The van der Waals surface area contributed by atoms with Gasteiger partial charge in [-0.3, -0.25) is 0 Å². The van der Waals surface area contributed by atoms with Gasteiger partial charge in [0.1, 0.15) is 6.61 Å². The molecular formula is C23H32N2O4. The highest BCUT2D eigenvalue weighted by atomic mass is 16.5. The van der Waals surface area contributed by atoms with Crippen LogP contribution in [-0.2, 0) is 16.1 Å². The third-order valence-electron chi connectivity index (χ3n) is 7.94. The van der Waals surface area contributed by atoms with E-state index in [4.69, 9.17) is 4.74 Å². The van der Waals surface area contributed by atoms with Crippen molar-refractivity contribution in [2.45, 2.75) is 58.6 Å². The number of aromatic nitrogens is 2. The zero-order valence-electron chi connectivity index (χ0n) is 17.4. The SMILES string of the molecule is C[C@]1(CO)[C@H]2CC=C(Cn3ccnc3)[C@@H](CCC3=CCOC3=O)[C@]2(C)CC[C@H]1O. The van der Waals surface area contributed by atoms with E-state index in [-0.39, 0.29) is 29.8 Å². The number of hydrogen-bond acceptors (Lipinski definition) is 5. The van der Waals surface area contributed by atoms with Crippen LogP contribution in [0.5, 0.6) is 0 Å². The topological polar surface area (TPSA) is 84.6 Å². The molecular weight excluding hydrogens is 368 g/mol. The first-order chi connectivity index (χ1) is 13.9. The van der Waals surface area contributed by atoms with Crippen LogP contribution >= 0.6 is 0 Å². The Morgan fingerprint density at radius 1 is 1.34 bits per heavy atom. The van der Waals surface area contributed by atoms with Gasteiger partial charge in [-0.15, -0.1) is 0 Å². The Kier molecular flexibility index (Phi) is 5.42. The number of aliphatic hydroxyl groups is 2. The first kappa shape index (κ1) is 20.4. The number of fused-ring (bicyclic) bond motifs is 1. The number of carbonyl (C=O) groups is 1. The first-order valence-electron chi connectivity index (χ1n) is 10.7. The Morgan fingerprint density at radius 2 is 2.17 bits per heavy atom. The largest absolute Gasteiger partial charge is 0.458 e. The summed E-state index contributed by atoms with van der Waals surface area (Å²) in [5.74, 6) is 0.281. The van der Waals surface area contributed by atoms with Gasteiger partial charge in [0.2, 0.25) is 0 Å². The maximum Gasteiger partial charge on any atom is 0.334 e. The number of aliphatic hydroxyl groups excluding tert-OH is 2. The van der Waals surface area contributed by atoms with E-state index in [1.54, 1.807) is 6.20 Å². The lowest BCUT2D eigenvalue weighted by molar-refractivity contribution is -0.145. The van der Waals surface area contributed by atoms with E-state index in [0.717, 1.165) is 31.4 Å². The number of cyclic esters (lactones) is 1. The molecule has 2 heterocycles. The average molecular weight is 401 g/mol. The molecule has 1 aliphatic heterocycles. The van der Waals surface area contributed by atoms with Crippen LogP contribution in [0.2, 0.25) is 0 Å². The Morgan fingerprint density at radius 3 is 2.83 bits per heavy atom. The van der Waals surface area contributed by atoms with E-state index in [9.17, 15) is 15.0 Å². The van der Waals surface area contributed by atoms with Crippen LogP contribution in [0.4, 0.5) is 0 Å². The number of allylic oxidation sites excluding steroid dienone is 2. The summed E-state index contributed by atoms with van der Waals surface area (Å²) in [6.07, 6.45) is 13.4. The molecule has 4 rings (SSSR count). The molecule has 0 unspecified atom stereocenters. The summed E-state index contributed by atoms with van der Waals surface area (Å²) >= 11 is 0. The molecule has 1 saturated carbocycles. The second kappa shape index (κ2) is 7.73. The van der Waals surface area contributed by atoms with Gasteiger partial charge in [0.05, 0.1) is 19.0 Å². The lowest BCUT2D eigenvalue weighted by atomic mass is 9.47. The van der Waals surface area contributed by atoms with Crippen LogP contribution in [0.15, 0.2) is 42.0 Å². The highest BCUT2D eigenvalue weighted by Crippen LogP contribution is 2.60. The number of esters is 1. The summed E-state index contributed by atoms with van der Waals surface area (Å²) in [6, 6.07) is 0. The fourth-order valence-corrected chi connectivity index (χ4v) is 6.12. The Labute approximate surface area is 172 Å². The van der Waals surface area contributed by atoms with E-state index >= 15 is 0 Å². The maximum absolute atomic E-state index is 12.0. The predicted octanol–water partition coefficient (Wildman–Crippen LogP) is 2.87. The van der Waals surface area contributed by atoms with Crippen LogP contribution in [0.1, 0.15) is 46.0 Å². The van der Waals surface area contributed by atoms with Gasteiger partial charge in [0.15, 0.2) is 0 Å². The van der Waals surface area contributed by atoms with Gasteiger partial charge in [-0.1, -0.05) is 25.5 Å². The monoisotopic (exact) mass is 400 g/mol. The highest BCUT2D eigenvalue weighted by molar-refractivity contribution is 5.90. The van der Waals surface area contributed by atoms with Crippen molar-refractivity contribution in [3.8, 4) is 0 Å². The second-order valence-corrected chi connectivity index (χ2v) is 9.45. The quantitative estimate of drug-likeness (QED) is 0.567.